The molecule has 0 aliphatic carbocycles. The number of rotatable bonds is 3. The summed E-state index contributed by atoms with van der Waals surface area (Å²) < 4.78 is 46.6. The first kappa shape index (κ1) is 16.9. The van der Waals surface area contributed by atoms with Gasteiger partial charge in [-0.25, -0.2) is 18.0 Å². The first-order chi connectivity index (χ1) is 11.3. The Kier molecular flexibility index (Phi) is 4.32. The van der Waals surface area contributed by atoms with Gasteiger partial charge in [-0.2, -0.15) is 0 Å². The van der Waals surface area contributed by atoms with Crippen molar-refractivity contribution in [2.75, 3.05) is 5.73 Å². The Balaban J connectivity index is 2.01. The standard InChI is InChI=1S/C11H7BF3N3O4S2/c13-5-2-1-3(23-11-18-17-10(16)24-11)12(21)22-8(2)4(9(19)20)6(14)7(5)15/h3,21H,1H2,(H2,16,17)(H,19,20)/t3-/m0/s1. The highest BCUT2D eigenvalue weighted by Crippen LogP contribution is 2.40. The molecule has 0 saturated heterocycles. The Bertz CT molecular complexity index is 837. The normalized spacial score (nSPS) is 16.7. The van der Waals surface area contributed by atoms with Crippen LogP contribution >= 0.6 is 23.1 Å². The topological polar surface area (TPSA) is 119 Å². The van der Waals surface area contributed by atoms with Gasteiger partial charge in [0.15, 0.2) is 21.8 Å². The number of carboxylic acid groups (broad SMARTS) is 1. The lowest BCUT2D eigenvalue weighted by Crippen LogP contribution is -2.41. The number of nitrogen functional groups attached to an aromatic ring is 1. The van der Waals surface area contributed by atoms with Gasteiger partial charge in [-0.15, -0.1) is 10.2 Å². The van der Waals surface area contributed by atoms with Crippen molar-refractivity contribution in [3.8, 4) is 5.75 Å². The summed E-state index contributed by atoms with van der Waals surface area (Å²) in [6, 6.07) is 0. The number of aromatic nitrogens is 2. The molecule has 1 aromatic carbocycles. The van der Waals surface area contributed by atoms with Crippen molar-refractivity contribution in [1.82, 2.24) is 10.2 Å². The van der Waals surface area contributed by atoms with Crippen molar-refractivity contribution < 1.29 is 32.8 Å². The van der Waals surface area contributed by atoms with E-state index in [0.717, 1.165) is 23.1 Å². The molecule has 3 rings (SSSR count). The van der Waals surface area contributed by atoms with Crippen molar-refractivity contribution in [1.29, 1.82) is 0 Å². The minimum absolute atomic E-state index is 0.177. The molecule has 4 N–H and O–H groups in total. The highest BCUT2D eigenvalue weighted by atomic mass is 32.2. The number of hydrogen-bond acceptors (Lipinski definition) is 8. The molecular weight excluding hydrogens is 370 g/mol. The van der Waals surface area contributed by atoms with Gasteiger partial charge in [-0.3, -0.25) is 0 Å². The Labute approximate surface area is 140 Å². The molecule has 13 heteroatoms. The Morgan fingerprint density at radius 2 is 2.04 bits per heavy atom. The first-order valence-electron chi connectivity index (χ1n) is 6.32. The van der Waals surface area contributed by atoms with Gasteiger partial charge in [0.1, 0.15) is 11.3 Å². The SMILES string of the molecule is Nc1nnc(S[C@H]2Cc3c(F)c(F)c(F)c(C(=O)O)c3OB2O)s1. The number of carboxylic acids is 1. The van der Waals surface area contributed by atoms with Crippen LogP contribution in [0.2, 0.25) is 0 Å². The largest absolute Gasteiger partial charge is 0.537 e. The van der Waals surface area contributed by atoms with Gasteiger partial charge in [-0.1, -0.05) is 23.1 Å². The van der Waals surface area contributed by atoms with Gasteiger partial charge in [0.2, 0.25) is 5.13 Å². The third-order valence-corrected chi connectivity index (χ3v) is 5.29. The molecule has 2 heterocycles. The molecule has 0 radical (unpaired) electrons. The number of hydrogen-bond donors (Lipinski definition) is 3. The Morgan fingerprint density at radius 1 is 1.33 bits per heavy atom. The van der Waals surface area contributed by atoms with Crippen LogP contribution in [0.25, 0.3) is 0 Å². The van der Waals surface area contributed by atoms with Gasteiger partial charge in [0.05, 0.1) is 5.15 Å². The lowest BCUT2D eigenvalue weighted by Gasteiger charge is -2.28. The predicted molar refractivity (Wildman–Crippen MR) is 79.5 cm³/mol. The van der Waals surface area contributed by atoms with E-state index in [1.54, 1.807) is 0 Å². The van der Waals surface area contributed by atoms with Gasteiger partial charge in [0.25, 0.3) is 0 Å². The highest BCUT2D eigenvalue weighted by Gasteiger charge is 2.42. The molecule has 1 aliphatic rings. The summed E-state index contributed by atoms with van der Waals surface area (Å²) in [4.78, 5) is 11.1. The molecule has 1 aromatic heterocycles. The van der Waals surface area contributed by atoms with Crippen molar-refractivity contribution >= 4 is 41.3 Å². The van der Waals surface area contributed by atoms with E-state index in [1.807, 2.05) is 0 Å². The number of fused-ring (bicyclic) bond motifs is 1. The van der Waals surface area contributed by atoms with E-state index in [1.165, 1.54) is 0 Å². The number of anilines is 1. The molecule has 1 aliphatic heterocycles. The monoisotopic (exact) mass is 377 g/mol. The van der Waals surface area contributed by atoms with Crippen LogP contribution in [0.1, 0.15) is 15.9 Å². The second-order valence-corrected chi connectivity index (χ2v) is 7.20. The summed E-state index contributed by atoms with van der Waals surface area (Å²) in [5, 5.41) is 25.6. The van der Waals surface area contributed by atoms with E-state index in [2.05, 4.69) is 10.2 Å². The maximum atomic E-state index is 14.0. The van der Waals surface area contributed by atoms with E-state index in [0.29, 0.717) is 4.34 Å². The third-order valence-electron chi connectivity index (χ3n) is 3.22. The first-order valence-corrected chi connectivity index (χ1v) is 8.02. The van der Waals surface area contributed by atoms with Crippen LogP contribution in [0.15, 0.2) is 4.34 Å². The molecule has 2 aromatic rings. The van der Waals surface area contributed by atoms with Crippen molar-refractivity contribution in [3.63, 3.8) is 0 Å². The Hall–Kier alpha value is -1.99. The van der Waals surface area contributed by atoms with Crippen LogP contribution in [-0.4, -0.2) is 38.6 Å². The summed E-state index contributed by atoms with van der Waals surface area (Å²) >= 11 is 1.96. The van der Waals surface area contributed by atoms with Crippen molar-refractivity contribution in [2.45, 2.75) is 15.9 Å². The van der Waals surface area contributed by atoms with Crippen LogP contribution in [0.3, 0.4) is 0 Å². The number of nitrogens with zero attached hydrogens (tertiary/aromatic N) is 2. The molecule has 0 unspecified atom stereocenters. The number of benzene rings is 1. The number of aromatic carboxylic acids is 1. The minimum atomic E-state index is -1.91. The Morgan fingerprint density at radius 3 is 2.62 bits per heavy atom. The fraction of sp³-hybridized carbons (Fsp3) is 0.182. The maximum absolute atomic E-state index is 14.0. The third kappa shape index (κ3) is 2.78. The van der Waals surface area contributed by atoms with Gasteiger partial charge in [0, 0.05) is 5.56 Å². The summed E-state index contributed by atoms with van der Waals surface area (Å²) in [6.45, 7) is 0. The lowest BCUT2D eigenvalue weighted by atomic mass is 9.77. The van der Waals surface area contributed by atoms with Crippen LogP contribution in [0.4, 0.5) is 18.3 Å². The van der Waals surface area contributed by atoms with E-state index < -0.39 is 52.6 Å². The zero-order chi connectivity index (χ0) is 17.6. The van der Waals surface area contributed by atoms with Crippen LogP contribution in [0.5, 0.6) is 5.75 Å². The molecule has 0 saturated carbocycles. The molecule has 0 bridgehead atoms. The molecule has 7 nitrogen and oxygen atoms in total. The molecule has 0 spiro atoms. The second-order valence-electron chi connectivity index (χ2n) is 4.70. The fourth-order valence-electron chi connectivity index (χ4n) is 2.19. The van der Waals surface area contributed by atoms with Crippen LogP contribution < -0.4 is 10.4 Å². The summed E-state index contributed by atoms with van der Waals surface area (Å²) in [6.07, 6.45) is -0.302. The molecule has 126 valence electrons. The summed E-state index contributed by atoms with van der Waals surface area (Å²) in [7, 11) is -1.59. The number of thioether (sulfide) groups is 1. The maximum Gasteiger partial charge on any atom is 0.537 e. The quantitative estimate of drug-likeness (QED) is 0.542. The summed E-state index contributed by atoms with van der Waals surface area (Å²) in [5.74, 6) is -7.90. The number of carbonyl (C=O) groups is 1. The van der Waals surface area contributed by atoms with Gasteiger partial charge < -0.3 is 20.5 Å². The molecule has 0 fully saturated rings. The molecule has 1 atom stereocenters. The predicted octanol–water partition coefficient (Wildman–Crippen LogP) is 1.35. The highest BCUT2D eigenvalue weighted by molar-refractivity contribution is 8.02. The fourth-order valence-corrected chi connectivity index (χ4v) is 4.12. The number of nitrogens with two attached hydrogens (primary N) is 1. The smallest absolute Gasteiger partial charge is 0.534 e. The average Bonchev–Trinajstić information content (AvgIpc) is 2.92. The minimum Gasteiger partial charge on any atom is -0.534 e. The summed E-state index contributed by atoms with van der Waals surface area (Å²) in [5.41, 5.74) is 3.80. The van der Waals surface area contributed by atoms with E-state index in [9.17, 15) is 23.0 Å². The van der Waals surface area contributed by atoms with Crippen LogP contribution in [0, 0.1) is 17.5 Å². The van der Waals surface area contributed by atoms with Crippen molar-refractivity contribution in [3.05, 3.63) is 28.6 Å². The van der Waals surface area contributed by atoms with Gasteiger partial charge >= 0.3 is 13.1 Å². The zero-order valence-electron chi connectivity index (χ0n) is 11.5. The molecular formula is C11H7BF3N3O4S2. The molecule has 0 amide bonds. The van der Waals surface area contributed by atoms with E-state index >= 15 is 0 Å². The lowest BCUT2D eigenvalue weighted by molar-refractivity contribution is 0.0687. The molecule has 24 heavy (non-hydrogen) atoms. The zero-order valence-corrected chi connectivity index (χ0v) is 13.1. The van der Waals surface area contributed by atoms with Crippen molar-refractivity contribution in [2.24, 2.45) is 0 Å². The second kappa shape index (κ2) is 6.14. The van der Waals surface area contributed by atoms with Gasteiger partial charge in [-0.05, 0) is 6.42 Å². The van der Waals surface area contributed by atoms with E-state index in [4.69, 9.17) is 15.5 Å². The van der Waals surface area contributed by atoms with E-state index in [-0.39, 0.29) is 11.6 Å². The van der Waals surface area contributed by atoms with Crippen LogP contribution in [-0.2, 0) is 6.42 Å². The number of halogens is 3. The average molecular weight is 377 g/mol.